The lowest BCUT2D eigenvalue weighted by Gasteiger charge is -2.12. The van der Waals surface area contributed by atoms with E-state index in [9.17, 15) is 0 Å². The van der Waals surface area contributed by atoms with E-state index in [2.05, 4.69) is 46.4 Å². The van der Waals surface area contributed by atoms with Crippen LogP contribution in [0.25, 0.3) is 0 Å². The fourth-order valence-corrected chi connectivity index (χ4v) is 2.55. The molecule has 0 saturated carbocycles. The Labute approximate surface area is 129 Å². The second-order valence-electron chi connectivity index (χ2n) is 5.14. The summed E-state index contributed by atoms with van der Waals surface area (Å²) >= 11 is 3.60. The highest BCUT2D eigenvalue weighted by molar-refractivity contribution is 9.10. The average molecular weight is 334 g/mol. The monoisotopic (exact) mass is 333 g/mol. The third kappa shape index (κ3) is 4.27. The highest BCUT2D eigenvalue weighted by atomic mass is 79.9. The zero-order valence-electron chi connectivity index (χ0n) is 12.1. The molecular formula is C17H20BrNO. The number of ether oxygens (including phenoxy) is 1. The summed E-state index contributed by atoms with van der Waals surface area (Å²) in [7, 11) is 0. The maximum Gasteiger partial charge on any atom is 0.119 e. The molecule has 2 nitrogen and oxygen atoms in total. The second-order valence-corrected chi connectivity index (χ2v) is 5.99. The number of hydrogen-bond donors (Lipinski definition) is 1. The second kappa shape index (κ2) is 6.80. The van der Waals surface area contributed by atoms with E-state index >= 15 is 0 Å². The van der Waals surface area contributed by atoms with Gasteiger partial charge < -0.3 is 10.1 Å². The first-order valence-electron chi connectivity index (χ1n) is 6.80. The van der Waals surface area contributed by atoms with E-state index in [0.717, 1.165) is 22.5 Å². The summed E-state index contributed by atoms with van der Waals surface area (Å²) in [5, 5.41) is 3.42. The molecule has 0 bridgehead atoms. The van der Waals surface area contributed by atoms with Crippen molar-refractivity contribution in [2.45, 2.75) is 33.4 Å². The molecule has 2 rings (SSSR count). The highest BCUT2D eigenvalue weighted by Gasteiger charge is 2.01. The van der Waals surface area contributed by atoms with Crippen molar-refractivity contribution in [1.29, 1.82) is 0 Å². The first kappa shape index (κ1) is 14.9. The first-order chi connectivity index (χ1) is 9.54. The summed E-state index contributed by atoms with van der Waals surface area (Å²) < 4.78 is 6.77. The zero-order valence-corrected chi connectivity index (χ0v) is 13.7. The molecule has 0 unspecified atom stereocenters. The van der Waals surface area contributed by atoms with Crippen molar-refractivity contribution in [2.24, 2.45) is 0 Å². The van der Waals surface area contributed by atoms with Crippen molar-refractivity contribution in [2.75, 3.05) is 5.32 Å². The van der Waals surface area contributed by atoms with Crippen LogP contribution in [-0.2, 0) is 6.54 Å². The molecule has 0 saturated heterocycles. The Morgan fingerprint density at radius 2 is 1.80 bits per heavy atom. The van der Waals surface area contributed by atoms with E-state index in [1.807, 2.05) is 38.1 Å². The molecule has 2 aromatic carbocycles. The van der Waals surface area contributed by atoms with Crippen LogP contribution >= 0.6 is 15.9 Å². The van der Waals surface area contributed by atoms with Crippen molar-refractivity contribution in [1.82, 2.24) is 0 Å². The van der Waals surface area contributed by atoms with Crippen molar-refractivity contribution in [3.05, 3.63) is 58.1 Å². The molecule has 0 amide bonds. The number of nitrogens with one attached hydrogen (secondary N) is 1. The molecule has 0 heterocycles. The minimum Gasteiger partial charge on any atom is -0.491 e. The molecule has 0 fully saturated rings. The van der Waals surface area contributed by atoms with E-state index in [1.165, 1.54) is 11.1 Å². The number of benzene rings is 2. The van der Waals surface area contributed by atoms with E-state index in [-0.39, 0.29) is 6.10 Å². The summed E-state index contributed by atoms with van der Waals surface area (Å²) in [4.78, 5) is 0. The summed E-state index contributed by atoms with van der Waals surface area (Å²) in [6, 6.07) is 14.5. The molecule has 0 radical (unpaired) electrons. The Balaban J connectivity index is 1.96. The van der Waals surface area contributed by atoms with Gasteiger partial charge in [0.2, 0.25) is 0 Å². The van der Waals surface area contributed by atoms with E-state index < -0.39 is 0 Å². The van der Waals surface area contributed by atoms with E-state index in [1.54, 1.807) is 0 Å². The molecule has 3 heteroatoms. The maximum atomic E-state index is 5.63. The van der Waals surface area contributed by atoms with Gasteiger partial charge >= 0.3 is 0 Å². The Morgan fingerprint density at radius 3 is 2.40 bits per heavy atom. The Bertz CT molecular complexity index is 564. The minimum atomic E-state index is 0.206. The Kier molecular flexibility index (Phi) is 5.07. The molecule has 0 aliphatic heterocycles. The molecule has 0 spiro atoms. The van der Waals surface area contributed by atoms with E-state index in [4.69, 9.17) is 4.74 Å². The van der Waals surface area contributed by atoms with Crippen LogP contribution in [0.4, 0.5) is 5.69 Å². The van der Waals surface area contributed by atoms with Crippen LogP contribution in [-0.4, -0.2) is 6.10 Å². The zero-order chi connectivity index (χ0) is 14.5. The van der Waals surface area contributed by atoms with Crippen LogP contribution in [0.2, 0.25) is 0 Å². The minimum absolute atomic E-state index is 0.206. The van der Waals surface area contributed by atoms with Gasteiger partial charge in [-0.25, -0.2) is 0 Å². The topological polar surface area (TPSA) is 21.3 Å². The van der Waals surface area contributed by atoms with Gasteiger partial charge in [-0.1, -0.05) is 28.1 Å². The number of aryl methyl sites for hydroxylation is 1. The van der Waals surface area contributed by atoms with Crippen LogP contribution < -0.4 is 10.1 Å². The summed E-state index contributed by atoms with van der Waals surface area (Å²) in [6.45, 7) is 6.95. The van der Waals surface area contributed by atoms with Gasteiger partial charge in [0.1, 0.15) is 5.75 Å². The van der Waals surface area contributed by atoms with Gasteiger partial charge in [-0.05, 0) is 62.2 Å². The third-order valence-corrected chi connectivity index (χ3v) is 3.66. The molecule has 0 aliphatic rings. The lowest BCUT2D eigenvalue weighted by molar-refractivity contribution is 0.242. The quantitative estimate of drug-likeness (QED) is 0.816. The van der Waals surface area contributed by atoms with Crippen LogP contribution in [0.1, 0.15) is 25.0 Å². The van der Waals surface area contributed by atoms with Gasteiger partial charge in [0.15, 0.2) is 0 Å². The predicted octanol–water partition coefficient (Wildman–Crippen LogP) is 5.16. The largest absolute Gasteiger partial charge is 0.491 e. The molecule has 0 aliphatic carbocycles. The molecular weight excluding hydrogens is 314 g/mol. The van der Waals surface area contributed by atoms with Crippen LogP contribution in [0.5, 0.6) is 5.75 Å². The summed E-state index contributed by atoms with van der Waals surface area (Å²) in [6.07, 6.45) is 0.206. The molecule has 2 aromatic rings. The predicted molar refractivity (Wildman–Crippen MR) is 88.4 cm³/mol. The highest BCUT2D eigenvalue weighted by Crippen LogP contribution is 2.21. The van der Waals surface area contributed by atoms with Gasteiger partial charge in [0, 0.05) is 16.7 Å². The van der Waals surface area contributed by atoms with Crippen molar-refractivity contribution in [3.8, 4) is 5.75 Å². The maximum absolute atomic E-state index is 5.63. The fraction of sp³-hybridized carbons (Fsp3) is 0.294. The van der Waals surface area contributed by atoms with Gasteiger partial charge in [0.25, 0.3) is 0 Å². The van der Waals surface area contributed by atoms with Gasteiger partial charge in [-0.2, -0.15) is 0 Å². The third-order valence-electron chi connectivity index (χ3n) is 2.92. The molecule has 0 aromatic heterocycles. The molecule has 1 N–H and O–H groups in total. The van der Waals surface area contributed by atoms with Crippen LogP contribution in [0.3, 0.4) is 0 Å². The number of rotatable bonds is 5. The van der Waals surface area contributed by atoms with Gasteiger partial charge in [-0.15, -0.1) is 0 Å². The molecule has 20 heavy (non-hydrogen) atoms. The Hall–Kier alpha value is -1.48. The lowest BCUT2D eigenvalue weighted by Crippen LogP contribution is -2.05. The normalized spacial score (nSPS) is 10.7. The van der Waals surface area contributed by atoms with E-state index in [0.29, 0.717) is 0 Å². The van der Waals surface area contributed by atoms with Crippen molar-refractivity contribution >= 4 is 21.6 Å². The van der Waals surface area contributed by atoms with Crippen molar-refractivity contribution in [3.63, 3.8) is 0 Å². The first-order valence-corrected chi connectivity index (χ1v) is 7.59. The SMILES string of the molecule is Cc1ccc(CNc2ccc(OC(C)C)cc2)c(Br)c1. The van der Waals surface area contributed by atoms with Crippen LogP contribution in [0, 0.1) is 6.92 Å². The summed E-state index contributed by atoms with van der Waals surface area (Å²) in [5.41, 5.74) is 3.60. The molecule has 0 atom stereocenters. The summed E-state index contributed by atoms with van der Waals surface area (Å²) in [5.74, 6) is 0.905. The number of halogens is 1. The number of anilines is 1. The Morgan fingerprint density at radius 1 is 1.10 bits per heavy atom. The molecule has 106 valence electrons. The standard InChI is InChI=1S/C17H20BrNO/c1-12(2)20-16-8-6-15(7-9-16)19-11-14-5-4-13(3)10-17(14)18/h4-10,12,19H,11H2,1-3H3. The fourth-order valence-electron chi connectivity index (χ4n) is 1.92. The van der Waals surface area contributed by atoms with Crippen LogP contribution in [0.15, 0.2) is 46.9 Å². The number of hydrogen-bond acceptors (Lipinski definition) is 2. The van der Waals surface area contributed by atoms with Gasteiger partial charge in [-0.3, -0.25) is 0 Å². The smallest absolute Gasteiger partial charge is 0.119 e. The average Bonchev–Trinajstić information content (AvgIpc) is 2.39. The van der Waals surface area contributed by atoms with Crippen molar-refractivity contribution < 1.29 is 4.74 Å². The lowest BCUT2D eigenvalue weighted by atomic mass is 10.1. The van der Waals surface area contributed by atoms with Gasteiger partial charge in [0.05, 0.1) is 6.10 Å².